The van der Waals surface area contributed by atoms with Crippen LogP contribution >= 0.6 is 0 Å². The van der Waals surface area contributed by atoms with Crippen molar-refractivity contribution in [3.05, 3.63) is 46.6 Å². The van der Waals surface area contributed by atoms with Gasteiger partial charge in [0, 0.05) is 25.9 Å². The first-order valence-corrected chi connectivity index (χ1v) is 10.00. The van der Waals surface area contributed by atoms with Crippen LogP contribution in [0.4, 0.5) is 5.82 Å². The summed E-state index contributed by atoms with van der Waals surface area (Å²) in [5.74, 6) is 1.13. The van der Waals surface area contributed by atoms with E-state index in [0.717, 1.165) is 29.7 Å². The normalized spacial score (nSPS) is 17.6. The first-order valence-electron chi connectivity index (χ1n) is 10.00. The summed E-state index contributed by atoms with van der Waals surface area (Å²) in [6, 6.07) is 7.40. The largest absolute Gasteiger partial charge is 0.486 e. The van der Waals surface area contributed by atoms with Gasteiger partial charge >= 0.3 is 5.97 Å². The number of hydrogen-bond acceptors (Lipinski definition) is 7. The molecule has 0 radical (unpaired) electrons. The van der Waals surface area contributed by atoms with Gasteiger partial charge in [0.2, 0.25) is 0 Å². The second kappa shape index (κ2) is 7.46. The van der Waals surface area contributed by atoms with E-state index in [2.05, 4.69) is 21.2 Å². The Balaban J connectivity index is 1.47. The van der Waals surface area contributed by atoms with Crippen molar-refractivity contribution in [2.75, 3.05) is 24.6 Å². The number of benzene rings is 1. The second-order valence-electron chi connectivity index (χ2n) is 7.83. The number of piperidine rings is 1. The summed E-state index contributed by atoms with van der Waals surface area (Å²) in [5, 5.41) is 8.17. The molecule has 4 rings (SSSR count). The molecule has 1 aromatic heterocycles. The number of fused-ring (bicyclic) bond motifs is 1. The van der Waals surface area contributed by atoms with E-state index < -0.39 is 11.6 Å². The summed E-state index contributed by atoms with van der Waals surface area (Å²) in [6.45, 7) is 7.47. The topological polar surface area (TPSA) is 81.6 Å². The summed E-state index contributed by atoms with van der Waals surface area (Å²) >= 11 is 0. The monoisotopic (exact) mass is 395 g/mol. The van der Waals surface area contributed by atoms with E-state index in [1.165, 1.54) is 0 Å². The standard InChI is InChI=1S/C22H25N3O4/c1-4-28-21(27)17-5-6-19(24-23-17)25-9-7-22(8-10-25)13-18(26)16-12-14(2)11-15(3)20(16)29-22/h5-6,11-12H,4,7-10,13H2,1-3H3. The van der Waals surface area contributed by atoms with Gasteiger partial charge in [0.15, 0.2) is 17.3 Å². The molecule has 7 heteroatoms. The summed E-state index contributed by atoms with van der Waals surface area (Å²) in [5.41, 5.74) is 2.53. The molecule has 7 nitrogen and oxygen atoms in total. The molecule has 2 aromatic rings. The highest BCUT2D eigenvalue weighted by molar-refractivity contribution is 6.01. The van der Waals surface area contributed by atoms with Crippen molar-refractivity contribution < 1.29 is 19.1 Å². The molecule has 0 amide bonds. The minimum atomic E-state index is -0.470. The lowest BCUT2D eigenvalue weighted by molar-refractivity contribution is 0.0225. The van der Waals surface area contributed by atoms with Gasteiger partial charge in [0.1, 0.15) is 11.4 Å². The highest BCUT2D eigenvalue weighted by Gasteiger charge is 2.43. The zero-order chi connectivity index (χ0) is 20.6. The number of esters is 1. The third kappa shape index (κ3) is 3.69. The molecular formula is C22H25N3O4. The quantitative estimate of drug-likeness (QED) is 0.738. The molecule has 3 heterocycles. The van der Waals surface area contributed by atoms with Crippen LogP contribution in [-0.2, 0) is 4.74 Å². The maximum atomic E-state index is 12.8. The lowest BCUT2D eigenvalue weighted by Crippen LogP contribution is -2.51. The zero-order valence-corrected chi connectivity index (χ0v) is 17.0. The minimum Gasteiger partial charge on any atom is -0.486 e. The van der Waals surface area contributed by atoms with E-state index in [4.69, 9.17) is 9.47 Å². The predicted octanol–water partition coefficient (Wildman–Crippen LogP) is 3.27. The van der Waals surface area contributed by atoms with Gasteiger partial charge < -0.3 is 14.4 Å². The number of hydrogen-bond donors (Lipinski definition) is 0. The molecular weight excluding hydrogens is 370 g/mol. The van der Waals surface area contributed by atoms with Crippen LogP contribution in [0.1, 0.15) is 58.2 Å². The Morgan fingerprint density at radius 2 is 1.97 bits per heavy atom. The molecule has 0 saturated carbocycles. The Hall–Kier alpha value is -2.96. The number of aromatic nitrogens is 2. The number of rotatable bonds is 3. The Kier molecular flexibility index (Phi) is 4.98. The van der Waals surface area contributed by atoms with Crippen molar-refractivity contribution in [2.24, 2.45) is 0 Å². The highest BCUT2D eigenvalue weighted by Crippen LogP contribution is 2.41. The minimum absolute atomic E-state index is 0.157. The number of carbonyl (C=O) groups excluding carboxylic acids is 2. The molecule has 0 atom stereocenters. The molecule has 1 aromatic carbocycles. The Bertz CT molecular complexity index is 947. The fourth-order valence-electron chi connectivity index (χ4n) is 4.17. The molecule has 152 valence electrons. The molecule has 1 saturated heterocycles. The summed E-state index contributed by atoms with van der Waals surface area (Å²) in [4.78, 5) is 26.6. The van der Waals surface area contributed by atoms with Crippen LogP contribution in [0.25, 0.3) is 0 Å². The molecule has 0 bridgehead atoms. The van der Waals surface area contributed by atoms with Gasteiger partial charge in [0.05, 0.1) is 18.6 Å². The molecule has 29 heavy (non-hydrogen) atoms. The van der Waals surface area contributed by atoms with E-state index in [-0.39, 0.29) is 11.5 Å². The van der Waals surface area contributed by atoms with Crippen LogP contribution in [0.3, 0.4) is 0 Å². The first-order chi connectivity index (χ1) is 13.9. The number of carbonyl (C=O) groups is 2. The van der Waals surface area contributed by atoms with E-state index >= 15 is 0 Å². The van der Waals surface area contributed by atoms with Gasteiger partial charge in [-0.3, -0.25) is 4.79 Å². The zero-order valence-electron chi connectivity index (χ0n) is 17.0. The van der Waals surface area contributed by atoms with Crippen LogP contribution in [0, 0.1) is 13.8 Å². The van der Waals surface area contributed by atoms with Crippen LogP contribution in [0.15, 0.2) is 24.3 Å². The van der Waals surface area contributed by atoms with Crippen molar-refractivity contribution in [3.63, 3.8) is 0 Å². The molecule has 2 aliphatic heterocycles. The number of nitrogens with zero attached hydrogens (tertiary/aromatic N) is 3. The van der Waals surface area contributed by atoms with Crippen LogP contribution in [-0.4, -0.2) is 47.2 Å². The number of Topliss-reactive ketones (excluding diaryl/α,β-unsaturated/α-hetero) is 1. The molecule has 0 aliphatic carbocycles. The lowest BCUT2D eigenvalue weighted by Gasteiger charge is -2.44. The number of anilines is 1. The van der Waals surface area contributed by atoms with Gasteiger partial charge in [-0.25, -0.2) is 4.79 Å². The Labute approximate surface area is 170 Å². The molecule has 0 unspecified atom stereocenters. The van der Waals surface area contributed by atoms with Gasteiger partial charge in [-0.2, -0.15) is 0 Å². The Morgan fingerprint density at radius 1 is 1.21 bits per heavy atom. The fourth-order valence-corrected chi connectivity index (χ4v) is 4.17. The highest BCUT2D eigenvalue weighted by atomic mass is 16.5. The van der Waals surface area contributed by atoms with E-state index in [1.807, 2.05) is 19.9 Å². The molecule has 2 aliphatic rings. The van der Waals surface area contributed by atoms with Crippen LogP contribution < -0.4 is 9.64 Å². The van der Waals surface area contributed by atoms with Crippen LogP contribution in [0.5, 0.6) is 5.75 Å². The van der Waals surface area contributed by atoms with Crippen molar-refractivity contribution in [3.8, 4) is 5.75 Å². The van der Waals surface area contributed by atoms with E-state index in [1.54, 1.807) is 19.1 Å². The number of ketones is 1. The second-order valence-corrected chi connectivity index (χ2v) is 7.83. The average Bonchev–Trinajstić information content (AvgIpc) is 2.70. The number of ether oxygens (including phenoxy) is 2. The summed E-state index contributed by atoms with van der Waals surface area (Å²) in [7, 11) is 0. The maximum Gasteiger partial charge on any atom is 0.358 e. The SMILES string of the molecule is CCOC(=O)c1ccc(N2CCC3(CC2)CC(=O)c2cc(C)cc(C)c2O3)nn1. The van der Waals surface area contributed by atoms with Crippen molar-refractivity contribution in [1.82, 2.24) is 10.2 Å². The fraction of sp³-hybridized carbons (Fsp3) is 0.455. The first kappa shape index (κ1) is 19.4. The lowest BCUT2D eigenvalue weighted by atomic mass is 9.81. The summed E-state index contributed by atoms with van der Waals surface area (Å²) in [6.07, 6.45) is 1.86. The van der Waals surface area contributed by atoms with Crippen molar-refractivity contribution in [1.29, 1.82) is 0 Å². The third-order valence-electron chi connectivity index (χ3n) is 5.65. The molecule has 1 fully saturated rings. The maximum absolute atomic E-state index is 12.8. The van der Waals surface area contributed by atoms with Crippen LogP contribution in [0.2, 0.25) is 0 Å². The molecule has 0 N–H and O–H groups in total. The number of aryl methyl sites for hydroxylation is 2. The third-order valence-corrected chi connectivity index (χ3v) is 5.65. The van der Waals surface area contributed by atoms with E-state index in [0.29, 0.717) is 37.5 Å². The Morgan fingerprint density at radius 3 is 2.62 bits per heavy atom. The average molecular weight is 395 g/mol. The predicted molar refractivity (Wildman–Crippen MR) is 108 cm³/mol. The molecule has 1 spiro atoms. The van der Waals surface area contributed by atoms with Gasteiger partial charge in [-0.1, -0.05) is 6.07 Å². The van der Waals surface area contributed by atoms with Crippen molar-refractivity contribution in [2.45, 2.75) is 45.6 Å². The van der Waals surface area contributed by atoms with E-state index in [9.17, 15) is 9.59 Å². The summed E-state index contributed by atoms with van der Waals surface area (Å²) < 4.78 is 11.4. The van der Waals surface area contributed by atoms with Gasteiger partial charge in [-0.05, 0) is 50.1 Å². The smallest absolute Gasteiger partial charge is 0.358 e. The van der Waals surface area contributed by atoms with Crippen molar-refractivity contribution >= 4 is 17.6 Å². The van der Waals surface area contributed by atoms with Gasteiger partial charge in [-0.15, -0.1) is 10.2 Å². The van der Waals surface area contributed by atoms with Gasteiger partial charge in [0.25, 0.3) is 0 Å².